The van der Waals surface area contributed by atoms with Crippen molar-refractivity contribution in [2.75, 3.05) is 37.4 Å². The number of nitrogens with two attached hydrogens (primary N) is 1. The molecule has 0 bridgehead atoms. The van der Waals surface area contributed by atoms with Crippen molar-refractivity contribution in [1.29, 1.82) is 5.41 Å². The first kappa shape index (κ1) is 25.2. The Morgan fingerprint density at radius 3 is 2.61 bits per heavy atom. The minimum Gasteiger partial charge on any atom is -0.398 e. The van der Waals surface area contributed by atoms with E-state index in [0.717, 1.165) is 49.5 Å². The van der Waals surface area contributed by atoms with Crippen LogP contribution >= 0.6 is 0 Å². The number of anilines is 2. The predicted molar refractivity (Wildman–Crippen MR) is 145 cm³/mol. The highest BCUT2D eigenvalue weighted by Crippen LogP contribution is 2.26. The number of ether oxygens (including phenoxy) is 1. The van der Waals surface area contributed by atoms with Crippen LogP contribution in [0.4, 0.5) is 15.8 Å². The fraction of sp³-hybridized carbons (Fsp3) is 0.172. The Labute approximate surface area is 219 Å². The zero-order valence-corrected chi connectivity index (χ0v) is 20.7. The van der Waals surface area contributed by atoms with Gasteiger partial charge in [-0.2, -0.15) is 0 Å². The van der Waals surface area contributed by atoms with E-state index in [9.17, 15) is 9.18 Å². The molecule has 4 N–H and O–H groups in total. The molecule has 9 heteroatoms. The van der Waals surface area contributed by atoms with Crippen molar-refractivity contribution in [3.63, 3.8) is 0 Å². The Morgan fingerprint density at radius 1 is 1.03 bits per heavy atom. The fourth-order valence-electron chi connectivity index (χ4n) is 4.31. The maximum Gasteiger partial charge on any atom is 0.274 e. The van der Waals surface area contributed by atoms with Gasteiger partial charge in [0.1, 0.15) is 11.5 Å². The summed E-state index contributed by atoms with van der Waals surface area (Å²) < 4.78 is 19.5. The van der Waals surface area contributed by atoms with Crippen molar-refractivity contribution in [3.8, 4) is 22.4 Å². The van der Waals surface area contributed by atoms with Crippen LogP contribution in [0.3, 0.4) is 0 Å². The van der Waals surface area contributed by atoms with Gasteiger partial charge < -0.3 is 15.8 Å². The largest absolute Gasteiger partial charge is 0.398 e. The summed E-state index contributed by atoms with van der Waals surface area (Å²) >= 11 is 0. The van der Waals surface area contributed by atoms with Crippen LogP contribution in [0.2, 0.25) is 0 Å². The lowest BCUT2D eigenvalue weighted by Crippen LogP contribution is -2.35. The van der Waals surface area contributed by atoms with E-state index in [2.05, 4.69) is 26.3 Å². The predicted octanol–water partition coefficient (Wildman–Crippen LogP) is 4.37. The Morgan fingerprint density at radius 2 is 1.84 bits per heavy atom. The first-order valence-corrected chi connectivity index (χ1v) is 12.2. The highest BCUT2D eigenvalue weighted by molar-refractivity contribution is 6.48. The topological polar surface area (TPSA) is 117 Å². The van der Waals surface area contributed by atoms with Crippen molar-refractivity contribution in [1.82, 2.24) is 14.9 Å². The molecule has 3 heterocycles. The fourth-order valence-corrected chi connectivity index (χ4v) is 4.31. The van der Waals surface area contributed by atoms with Gasteiger partial charge in [0.25, 0.3) is 5.91 Å². The third-order valence-corrected chi connectivity index (χ3v) is 6.36. The van der Waals surface area contributed by atoms with Gasteiger partial charge in [-0.3, -0.25) is 25.1 Å². The Bertz CT molecular complexity index is 1470. The van der Waals surface area contributed by atoms with E-state index in [0.29, 0.717) is 28.2 Å². The number of amides is 1. The second kappa shape index (κ2) is 11.3. The van der Waals surface area contributed by atoms with Gasteiger partial charge >= 0.3 is 0 Å². The molecule has 38 heavy (non-hydrogen) atoms. The van der Waals surface area contributed by atoms with Crippen LogP contribution in [0.15, 0.2) is 79.3 Å². The lowest BCUT2D eigenvalue weighted by Gasteiger charge is -2.26. The van der Waals surface area contributed by atoms with Crippen molar-refractivity contribution >= 4 is 23.0 Å². The summed E-state index contributed by atoms with van der Waals surface area (Å²) in [6.45, 7) is 3.98. The van der Waals surface area contributed by atoms with Crippen molar-refractivity contribution < 1.29 is 13.9 Å². The van der Waals surface area contributed by atoms with E-state index in [1.807, 2.05) is 12.3 Å². The standard InChI is InChI=1S/C29H27FN6O2/c30-25-4-2-1-3-23(25)27-8-6-22(17-34-27)35-29(37)28(32)24-14-20(5-7-26(24)31)21-13-19(15-33-16-21)18-36-9-11-38-12-10-36/h1-8,13-17,32H,9-12,18,31H2,(H,35,37). The molecule has 5 rings (SSSR count). The number of hydrogen-bond acceptors (Lipinski definition) is 7. The highest BCUT2D eigenvalue weighted by atomic mass is 19.1. The van der Waals surface area contributed by atoms with Crippen LogP contribution in [0.25, 0.3) is 22.4 Å². The quantitative estimate of drug-likeness (QED) is 0.251. The maximum atomic E-state index is 14.0. The van der Waals surface area contributed by atoms with Gasteiger partial charge in [0, 0.05) is 54.4 Å². The molecular formula is C29H27FN6O2. The van der Waals surface area contributed by atoms with Gasteiger partial charge in [0.2, 0.25) is 0 Å². The van der Waals surface area contributed by atoms with E-state index >= 15 is 0 Å². The SMILES string of the molecule is N=C(C(=O)Nc1ccc(-c2ccccc2F)nc1)c1cc(-c2cncc(CN3CCOCC3)c2)ccc1N. The summed E-state index contributed by atoms with van der Waals surface area (Å²) in [5.41, 5.74) is 10.4. The molecule has 1 saturated heterocycles. The molecule has 8 nitrogen and oxygen atoms in total. The van der Waals surface area contributed by atoms with E-state index in [-0.39, 0.29) is 11.5 Å². The molecule has 1 amide bonds. The van der Waals surface area contributed by atoms with Gasteiger partial charge in [-0.1, -0.05) is 18.2 Å². The summed E-state index contributed by atoms with van der Waals surface area (Å²) in [5.74, 6) is -1.01. The number of carbonyl (C=O) groups excluding carboxylic acids is 1. The molecule has 0 spiro atoms. The molecule has 1 fully saturated rings. The third kappa shape index (κ3) is 5.74. The number of hydrogen-bond donors (Lipinski definition) is 3. The van der Waals surface area contributed by atoms with Crippen molar-refractivity contribution in [2.24, 2.45) is 0 Å². The van der Waals surface area contributed by atoms with Gasteiger partial charge in [-0.05, 0) is 53.6 Å². The second-order valence-corrected chi connectivity index (χ2v) is 9.01. The van der Waals surface area contributed by atoms with E-state index in [1.54, 1.807) is 48.7 Å². The average molecular weight is 511 g/mol. The van der Waals surface area contributed by atoms with Crippen LogP contribution in [0.5, 0.6) is 0 Å². The normalized spacial score (nSPS) is 13.7. The van der Waals surface area contributed by atoms with Crippen molar-refractivity contribution in [3.05, 3.63) is 96.2 Å². The molecule has 1 aliphatic heterocycles. The molecule has 0 saturated carbocycles. The summed E-state index contributed by atoms with van der Waals surface area (Å²) in [7, 11) is 0. The van der Waals surface area contributed by atoms with Crippen LogP contribution in [0.1, 0.15) is 11.1 Å². The van der Waals surface area contributed by atoms with Gasteiger partial charge in [-0.25, -0.2) is 4.39 Å². The van der Waals surface area contributed by atoms with Gasteiger partial charge in [-0.15, -0.1) is 0 Å². The first-order chi connectivity index (χ1) is 18.5. The summed E-state index contributed by atoms with van der Waals surface area (Å²) in [6.07, 6.45) is 5.03. The Balaban J connectivity index is 1.30. The number of rotatable bonds is 7. The van der Waals surface area contributed by atoms with Gasteiger partial charge in [0.15, 0.2) is 0 Å². The zero-order valence-electron chi connectivity index (χ0n) is 20.7. The van der Waals surface area contributed by atoms with Crippen molar-refractivity contribution in [2.45, 2.75) is 6.54 Å². The Kier molecular flexibility index (Phi) is 7.48. The molecule has 192 valence electrons. The van der Waals surface area contributed by atoms with E-state index in [1.165, 1.54) is 12.3 Å². The number of halogens is 1. The number of pyridine rings is 2. The monoisotopic (exact) mass is 510 g/mol. The lowest BCUT2D eigenvalue weighted by molar-refractivity contribution is -0.110. The smallest absolute Gasteiger partial charge is 0.274 e. The number of morpholine rings is 1. The van der Waals surface area contributed by atoms with Crippen LogP contribution in [-0.2, 0) is 16.1 Å². The zero-order chi connectivity index (χ0) is 26.5. The highest BCUT2D eigenvalue weighted by Gasteiger charge is 2.17. The third-order valence-electron chi connectivity index (χ3n) is 6.36. The van der Waals surface area contributed by atoms with Crippen LogP contribution in [0, 0.1) is 11.2 Å². The molecule has 2 aromatic heterocycles. The minimum atomic E-state index is -0.631. The summed E-state index contributed by atoms with van der Waals surface area (Å²) in [5, 5.41) is 11.2. The molecule has 0 atom stereocenters. The lowest BCUT2D eigenvalue weighted by atomic mass is 9.99. The second-order valence-electron chi connectivity index (χ2n) is 9.01. The maximum absolute atomic E-state index is 14.0. The average Bonchev–Trinajstić information content (AvgIpc) is 2.94. The number of carbonyl (C=O) groups is 1. The molecule has 0 radical (unpaired) electrons. The Hall–Kier alpha value is -4.47. The molecule has 0 unspecified atom stereocenters. The molecule has 4 aromatic rings. The number of nitrogens with one attached hydrogen (secondary N) is 2. The number of nitrogen functional groups attached to an aromatic ring is 1. The molecule has 1 aliphatic rings. The number of nitrogens with zero attached hydrogens (tertiary/aromatic N) is 3. The summed E-state index contributed by atoms with van der Waals surface area (Å²) in [4.78, 5) is 23.9. The number of benzene rings is 2. The minimum absolute atomic E-state index is 0.278. The molecule has 2 aromatic carbocycles. The van der Waals surface area contributed by atoms with Gasteiger partial charge in [0.05, 0.1) is 30.8 Å². The number of aromatic nitrogens is 2. The molecule has 0 aliphatic carbocycles. The first-order valence-electron chi connectivity index (χ1n) is 12.2. The van der Waals surface area contributed by atoms with E-state index < -0.39 is 5.91 Å². The molecular weight excluding hydrogens is 483 g/mol. The van der Waals surface area contributed by atoms with E-state index in [4.69, 9.17) is 15.9 Å². The van der Waals surface area contributed by atoms with Crippen LogP contribution in [-0.4, -0.2) is 52.8 Å². The van der Waals surface area contributed by atoms with Crippen LogP contribution < -0.4 is 11.1 Å². The summed E-state index contributed by atoms with van der Waals surface area (Å²) in [6, 6.07) is 16.9.